The van der Waals surface area contributed by atoms with Crippen LogP contribution in [0.15, 0.2) is 71.6 Å². The lowest BCUT2D eigenvalue weighted by molar-refractivity contribution is -0.115. The molecular formula is C24H24N2O2S. The first-order valence-corrected chi connectivity index (χ1v) is 10.6. The molecule has 4 nitrogen and oxygen atoms in total. The van der Waals surface area contributed by atoms with Gasteiger partial charge in [-0.1, -0.05) is 18.2 Å². The van der Waals surface area contributed by atoms with E-state index in [0.29, 0.717) is 0 Å². The summed E-state index contributed by atoms with van der Waals surface area (Å²) in [6.07, 6.45) is 0. The molecule has 1 N–H and O–H groups in total. The van der Waals surface area contributed by atoms with Gasteiger partial charge in [0.25, 0.3) is 0 Å². The van der Waals surface area contributed by atoms with Crippen LogP contribution in [0.4, 0.5) is 5.69 Å². The van der Waals surface area contributed by atoms with E-state index in [9.17, 15) is 4.79 Å². The number of methoxy groups -OCH3 is 1. The van der Waals surface area contributed by atoms with Gasteiger partial charge in [0, 0.05) is 38.9 Å². The van der Waals surface area contributed by atoms with Crippen molar-refractivity contribution in [1.29, 1.82) is 0 Å². The lowest BCUT2D eigenvalue weighted by Crippen LogP contribution is -2.22. The summed E-state index contributed by atoms with van der Waals surface area (Å²) in [5.41, 5.74) is 3.23. The van der Waals surface area contributed by atoms with Gasteiger partial charge >= 0.3 is 0 Å². The van der Waals surface area contributed by atoms with Crippen LogP contribution >= 0.6 is 11.8 Å². The Morgan fingerprint density at radius 2 is 1.76 bits per heavy atom. The number of aryl methyl sites for hydroxylation is 1. The molecule has 0 fully saturated rings. The number of carbonyl (C=O) groups is 1. The third-order valence-corrected chi connectivity index (χ3v) is 6.21. The third-order valence-electron chi connectivity index (χ3n) is 5.10. The van der Waals surface area contributed by atoms with Gasteiger partial charge in [-0.25, -0.2) is 0 Å². The zero-order valence-electron chi connectivity index (χ0n) is 16.8. The first-order valence-electron chi connectivity index (χ1n) is 9.73. The Labute approximate surface area is 174 Å². The van der Waals surface area contributed by atoms with Crippen LogP contribution in [-0.4, -0.2) is 22.8 Å². The molecule has 0 aliphatic heterocycles. The van der Waals surface area contributed by atoms with Crippen LogP contribution in [-0.2, 0) is 11.3 Å². The maximum absolute atomic E-state index is 12.7. The van der Waals surface area contributed by atoms with Gasteiger partial charge in [-0.3, -0.25) is 4.79 Å². The zero-order valence-corrected chi connectivity index (χ0v) is 17.6. The smallest absolute Gasteiger partial charge is 0.237 e. The molecule has 1 atom stereocenters. The maximum Gasteiger partial charge on any atom is 0.237 e. The number of aromatic nitrogens is 1. The highest BCUT2D eigenvalue weighted by Gasteiger charge is 2.16. The average Bonchev–Trinajstić information content (AvgIpc) is 3.07. The van der Waals surface area contributed by atoms with Crippen LogP contribution < -0.4 is 10.1 Å². The molecule has 148 valence electrons. The van der Waals surface area contributed by atoms with Gasteiger partial charge in [-0.15, -0.1) is 11.8 Å². The number of benzene rings is 3. The molecule has 1 aromatic heterocycles. The molecule has 3 aromatic carbocycles. The lowest BCUT2D eigenvalue weighted by atomic mass is 10.1. The fourth-order valence-electron chi connectivity index (χ4n) is 3.63. The fourth-order valence-corrected chi connectivity index (χ4v) is 4.50. The maximum atomic E-state index is 12.7. The van der Waals surface area contributed by atoms with Gasteiger partial charge in [0.2, 0.25) is 5.91 Å². The van der Waals surface area contributed by atoms with Gasteiger partial charge in [0.1, 0.15) is 5.75 Å². The van der Waals surface area contributed by atoms with Crippen LogP contribution in [0.1, 0.15) is 13.8 Å². The summed E-state index contributed by atoms with van der Waals surface area (Å²) in [5.74, 6) is 0.801. The Hall–Kier alpha value is -2.92. The number of thioether (sulfide) groups is 1. The third kappa shape index (κ3) is 3.83. The number of carbonyl (C=O) groups excluding carboxylic acids is 1. The Morgan fingerprint density at radius 1 is 1.03 bits per heavy atom. The molecule has 4 rings (SSSR count). The summed E-state index contributed by atoms with van der Waals surface area (Å²) >= 11 is 1.53. The van der Waals surface area contributed by atoms with Crippen molar-refractivity contribution >= 4 is 45.2 Å². The van der Waals surface area contributed by atoms with E-state index < -0.39 is 0 Å². The minimum Gasteiger partial charge on any atom is -0.497 e. The van der Waals surface area contributed by atoms with Gasteiger partial charge in [0.15, 0.2) is 0 Å². The van der Waals surface area contributed by atoms with Gasteiger partial charge in [-0.05, 0) is 62.4 Å². The SMILES string of the molecule is CCn1c2ccccc2c2cc(NC(=O)[C@H](C)Sc3ccc(OC)cc3)ccc21. The Balaban J connectivity index is 1.55. The standard InChI is InChI=1S/C24H24N2O2S/c1-4-26-22-8-6-5-7-20(22)21-15-17(9-14-23(21)26)25-24(27)16(2)29-19-12-10-18(28-3)11-13-19/h5-16H,4H2,1-3H3,(H,25,27)/t16-/m0/s1. The summed E-state index contributed by atoms with van der Waals surface area (Å²) in [4.78, 5) is 13.8. The van der Waals surface area contributed by atoms with Crippen molar-refractivity contribution in [3.63, 3.8) is 0 Å². The molecule has 0 unspecified atom stereocenters. The fraction of sp³-hybridized carbons (Fsp3) is 0.208. The molecule has 0 saturated heterocycles. The molecular weight excluding hydrogens is 380 g/mol. The van der Waals surface area contributed by atoms with Crippen LogP contribution in [0.2, 0.25) is 0 Å². The Kier molecular flexibility index (Phi) is 5.49. The Morgan fingerprint density at radius 3 is 2.48 bits per heavy atom. The number of nitrogens with zero attached hydrogens (tertiary/aromatic N) is 1. The minimum atomic E-state index is -0.212. The summed E-state index contributed by atoms with van der Waals surface area (Å²) in [6, 6.07) is 22.3. The van der Waals surface area contributed by atoms with Crippen molar-refractivity contribution in [2.24, 2.45) is 0 Å². The number of para-hydroxylation sites is 1. The van der Waals surface area contributed by atoms with Crippen LogP contribution in [0.5, 0.6) is 5.75 Å². The number of rotatable bonds is 6. The molecule has 0 spiro atoms. The molecule has 0 aliphatic rings. The summed E-state index contributed by atoms with van der Waals surface area (Å²) < 4.78 is 7.49. The average molecular weight is 405 g/mol. The van der Waals surface area contributed by atoms with Crippen molar-refractivity contribution in [3.8, 4) is 5.75 Å². The van der Waals surface area contributed by atoms with Crippen LogP contribution in [0.3, 0.4) is 0 Å². The van der Waals surface area contributed by atoms with Crippen molar-refractivity contribution in [1.82, 2.24) is 4.57 Å². The molecule has 5 heteroatoms. The van der Waals surface area contributed by atoms with E-state index in [4.69, 9.17) is 4.74 Å². The summed E-state index contributed by atoms with van der Waals surface area (Å²) in [6.45, 7) is 4.98. The lowest BCUT2D eigenvalue weighted by Gasteiger charge is -2.13. The van der Waals surface area contributed by atoms with E-state index in [-0.39, 0.29) is 11.2 Å². The number of fused-ring (bicyclic) bond motifs is 3. The number of hydrogen-bond donors (Lipinski definition) is 1. The highest BCUT2D eigenvalue weighted by atomic mass is 32.2. The number of amides is 1. The molecule has 0 bridgehead atoms. The highest BCUT2D eigenvalue weighted by molar-refractivity contribution is 8.00. The number of hydrogen-bond acceptors (Lipinski definition) is 3. The number of anilines is 1. The summed E-state index contributed by atoms with van der Waals surface area (Å²) in [7, 11) is 1.65. The molecule has 0 radical (unpaired) electrons. The van der Waals surface area contributed by atoms with Gasteiger partial charge in [0.05, 0.1) is 12.4 Å². The van der Waals surface area contributed by atoms with E-state index in [1.807, 2.05) is 37.3 Å². The van der Waals surface area contributed by atoms with Crippen molar-refractivity contribution in [3.05, 3.63) is 66.7 Å². The number of ether oxygens (including phenoxy) is 1. The first-order chi connectivity index (χ1) is 14.1. The van der Waals surface area contributed by atoms with Gasteiger partial charge in [-0.2, -0.15) is 0 Å². The normalized spacial score (nSPS) is 12.2. The van der Waals surface area contributed by atoms with E-state index >= 15 is 0 Å². The van der Waals surface area contributed by atoms with E-state index in [0.717, 1.165) is 28.3 Å². The predicted molar refractivity (Wildman–Crippen MR) is 122 cm³/mol. The second kappa shape index (κ2) is 8.21. The molecule has 1 heterocycles. The van der Waals surface area contributed by atoms with Crippen molar-refractivity contribution in [2.45, 2.75) is 30.5 Å². The minimum absolute atomic E-state index is 0.00982. The van der Waals surface area contributed by atoms with E-state index in [2.05, 4.69) is 53.2 Å². The highest BCUT2D eigenvalue weighted by Crippen LogP contribution is 2.31. The van der Waals surface area contributed by atoms with Crippen LogP contribution in [0, 0.1) is 0 Å². The molecule has 0 saturated carbocycles. The Bertz CT molecular complexity index is 1160. The second-order valence-electron chi connectivity index (χ2n) is 6.92. The molecule has 0 aliphatic carbocycles. The predicted octanol–water partition coefficient (Wildman–Crippen LogP) is 5.94. The second-order valence-corrected chi connectivity index (χ2v) is 8.33. The van der Waals surface area contributed by atoms with Gasteiger partial charge < -0.3 is 14.6 Å². The summed E-state index contributed by atoms with van der Waals surface area (Å²) in [5, 5.41) is 5.23. The molecule has 29 heavy (non-hydrogen) atoms. The number of nitrogens with one attached hydrogen (secondary N) is 1. The monoisotopic (exact) mass is 404 g/mol. The zero-order chi connectivity index (χ0) is 20.4. The first kappa shape index (κ1) is 19.4. The molecule has 1 amide bonds. The topological polar surface area (TPSA) is 43.3 Å². The van der Waals surface area contributed by atoms with E-state index in [1.165, 1.54) is 28.2 Å². The quantitative estimate of drug-likeness (QED) is 0.404. The van der Waals surface area contributed by atoms with Crippen LogP contribution in [0.25, 0.3) is 21.8 Å². The molecule has 4 aromatic rings. The van der Waals surface area contributed by atoms with Crippen molar-refractivity contribution in [2.75, 3.05) is 12.4 Å². The van der Waals surface area contributed by atoms with Crippen molar-refractivity contribution < 1.29 is 9.53 Å². The van der Waals surface area contributed by atoms with E-state index in [1.54, 1.807) is 7.11 Å². The largest absolute Gasteiger partial charge is 0.497 e.